The van der Waals surface area contributed by atoms with Crippen LogP contribution in [0, 0.1) is 10.6 Å². The van der Waals surface area contributed by atoms with Gasteiger partial charge in [-0.1, -0.05) is 18.2 Å². The summed E-state index contributed by atoms with van der Waals surface area (Å²) in [4.78, 5) is 16.4. The van der Waals surface area contributed by atoms with Gasteiger partial charge in [-0.3, -0.25) is 14.3 Å². The SMILES string of the molecule is C=CCn1c(C2CC2)nn(CN(C)C2CCN(c3ccccc3F)C2=O)c1=S. The van der Waals surface area contributed by atoms with Gasteiger partial charge >= 0.3 is 0 Å². The highest BCUT2D eigenvalue weighted by Crippen LogP contribution is 2.39. The average Bonchev–Trinajstić information content (AvgIpc) is 3.39. The van der Waals surface area contributed by atoms with Gasteiger partial charge in [0, 0.05) is 19.0 Å². The summed E-state index contributed by atoms with van der Waals surface area (Å²) in [5, 5.41) is 4.72. The second kappa shape index (κ2) is 7.60. The maximum atomic E-state index is 14.1. The molecule has 1 saturated carbocycles. The van der Waals surface area contributed by atoms with Gasteiger partial charge in [-0.25, -0.2) is 9.07 Å². The molecule has 28 heavy (non-hydrogen) atoms. The molecule has 148 valence electrons. The molecule has 1 aliphatic carbocycles. The first kappa shape index (κ1) is 19.0. The van der Waals surface area contributed by atoms with E-state index in [1.807, 2.05) is 22.6 Å². The fraction of sp³-hybridized carbons (Fsp3) is 0.450. The fourth-order valence-electron chi connectivity index (χ4n) is 3.79. The third-order valence-electron chi connectivity index (χ3n) is 5.42. The minimum Gasteiger partial charge on any atom is -0.308 e. The molecule has 1 unspecified atom stereocenters. The molecule has 1 aliphatic heterocycles. The first-order valence-electron chi connectivity index (χ1n) is 9.56. The quantitative estimate of drug-likeness (QED) is 0.528. The molecule has 2 fully saturated rings. The van der Waals surface area contributed by atoms with Gasteiger partial charge in [0.1, 0.15) is 11.6 Å². The van der Waals surface area contributed by atoms with Crippen molar-refractivity contribution >= 4 is 23.8 Å². The van der Waals surface area contributed by atoms with Crippen LogP contribution < -0.4 is 4.90 Å². The van der Waals surface area contributed by atoms with Crippen LogP contribution in [0.5, 0.6) is 0 Å². The summed E-state index contributed by atoms with van der Waals surface area (Å²) in [7, 11) is 1.89. The lowest BCUT2D eigenvalue weighted by molar-refractivity contribution is -0.121. The van der Waals surface area contributed by atoms with Crippen molar-refractivity contribution in [2.24, 2.45) is 0 Å². The van der Waals surface area contributed by atoms with Crippen LogP contribution in [0.3, 0.4) is 0 Å². The summed E-state index contributed by atoms with van der Waals surface area (Å²) in [6.45, 7) is 5.37. The Morgan fingerprint density at radius 2 is 2.11 bits per heavy atom. The Hall–Kier alpha value is -2.32. The second-order valence-electron chi connectivity index (χ2n) is 7.46. The Morgan fingerprint density at radius 1 is 1.36 bits per heavy atom. The number of rotatable bonds is 7. The maximum Gasteiger partial charge on any atom is 0.244 e. The Bertz CT molecular complexity index is 964. The average molecular weight is 402 g/mol. The van der Waals surface area contributed by atoms with Gasteiger partial charge in [0.2, 0.25) is 5.91 Å². The molecule has 8 heteroatoms. The van der Waals surface area contributed by atoms with Crippen LogP contribution in [0.2, 0.25) is 0 Å². The van der Waals surface area contributed by atoms with E-state index >= 15 is 0 Å². The third kappa shape index (κ3) is 3.42. The van der Waals surface area contributed by atoms with Crippen LogP contribution in [0.25, 0.3) is 0 Å². The first-order valence-corrected chi connectivity index (χ1v) is 9.96. The van der Waals surface area contributed by atoms with E-state index in [4.69, 9.17) is 17.3 Å². The lowest BCUT2D eigenvalue weighted by atomic mass is 10.2. The van der Waals surface area contributed by atoms with Crippen molar-refractivity contribution in [1.29, 1.82) is 0 Å². The van der Waals surface area contributed by atoms with Gasteiger partial charge in [-0.2, -0.15) is 5.10 Å². The molecule has 1 aromatic heterocycles. The van der Waals surface area contributed by atoms with Crippen LogP contribution in [0.1, 0.15) is 31.0 Å². The largest absolute Gasteiger partial charge is 0.308 e. The lowest BCUT2D eigenvalue weighted by Gasteiger charge is -2.23. The Kier molecular flexibility index (Phi) is 5.16. The second-order valence-corrected chi connectivity index (χ2v) is 7.82. The number of carbonyl (C=O) groups is 1. The van der Waals surface area contributed by atoms with Crippen molar-refractivity contribution in [3.63, 3.8) is 0 Å². The number of hydrogen-bond donors (Lipinski definition) is 0. The van der Waals surface area contributed by atoms with Crippen LogP contribution in [0.4, 0.5) is 10.1 Å². The van der Waals surface area contributed by atoms with Crippen LogP contribution >= 0.6 is 12.2 Å². The Balaban J connectivity index is 1.52. The number of nitrogens with zero attached hydrogens (tertiary/aromatic N) is 5. The van der Waals surface area contributed by atoms with Gasteiger partial charge in [0.25, 0.3) is 0 Å². The number of hydrogen-bond acceptors (Lipinski definition) is 4. The predicted molar refractivity (Wildman–Crippen MR) is 108 cm³/mol. The molecule has 4 rings (SSSR count). The number of aromatic nitrogens is 3. The van der Waals surface area contributed by atoms with Gasteiger partial charge < -0.3 is 4.90 Å². The minimum atomic E-state index is -0.376. The normalized spacial score (nSPS) is 19.6. The maximum absolute atomic E-state index is 14.1. The Morgan fingerprint density at radius 3 is 2.79 bits per heavy atom. The van der Waals surface area contributed by atoms with E-state index in [0.717, 1.165) is 18.7 Å². The predicted octanol–water partition coefficient (Wildman–Crippen LogP) is 3.31. The molecule has 1 atom stereocenters. The molecular formula is C20H24FN5OS. The number of para-hydroxylation sites is 1. The van der Waals surface area contributed by atoms with E-state index in [1.54, 1.807) is 22.9 Å². The molecule has 2 aliphatic rings. The number of carbonyl (C=O) groups excluding carboxylic acids is 1. The molecule has 1 saturated heterocycles. The van der Waals surface area contributed by atoms with Crippen molar-refractivity contribution < 1.29 is 9.18 Å². The van der Waals surface area contributed by atoms with Crippen molar-refractivity contribution in [2.45, 2.75) is 44.4 Å². The topological polar surface area (TPSA) is 46.3 Å². The van der Waals surface area contributed by atoms with E-state index in [9.17, 15) is 9.18 Å². The number of halogens is 1. The van der Waals surface area contributed by atoms with Crippen LogP contribution in [-0.2, 0) is 18.0 Å². The van der Waals surface area contributed by atoms with E-state index < -0.39 is 0 Å². The zero-order chi connectivity index (χ0) is 19.8. The Labute approximate surface area is 168 Å². The number of amides is 1. The van der Waals surface area contributed by atoms with Crippen molar-refractivity contribution in [3.05, 3.63) is 53.3 Å². The summed E-state index contributed by atoms with van der Waals surface area (Å²) in [6, 6.07) is 6.07. The smallest absolute Gasteiger partial charge is 0.244 e. The van der Waals surface area contributed by atoms with E-state index in [2.05, 4.69) is 6.58 Å². The molecule has 2 aromatic rings. The van der Waals surface area contributed by atoms with Gasteiger partial charge in [-0.15, -0.1) is 6.58 Å². The molecule has 1 amide bonds. The minimum absolute atomic E-state index is 0.0907. The summed E-state index contributed by atoms with van der Waals surface area (Å²) in [5.41, 5.74) is 0.339. The molecule has 0 bridgehead atoms. The van der Waals surface area contributed by atoms with Crippen molar-refractivity contribution in [3.8, 4) is 0 Å². The zero-order valence-corrected chi connectivity index (χ0v) is 16.7. The summed E-state index contributed by atoms with van der Waals surface area (Å²) in [6.07, 6.45) is 4.74. The lowest BCUT2D eigenvalue weighted by Crippen LogP contribution is -2.41. The highest BCUT2D eigenvalue weighted by molar-refractivity contribution is 7.71. The number of likely N-dealkylation sites (N-methyl/N-ethyl adjacent to an activating group) is 1. The summed E-state index contributed by atoms with van der Waals surface area (Å²) < 4.78 is 18.5. The van der Waals surface area contributed by atoms with Crippen LogP contribution in [0.15, 0.2) is 36.9 Å². The molecular weight excluding hydrogens is 377 g/mol. The third-order valence-corrected chi connectivity index (χ3v) is 5.85. The first-order chi connectivity index (χ1) is 13.5. The summed E-state index contributed by atoms with van der Waals surface area (Å²) >= 11 is 5.61. The van der Waals surface area contributed by atoms with Crippen molar-refractivity contribution in [1.82, 2.24) is 19.2 Å². The zero-order valence-electron chi connectivity index (χ0n) is 15.9. The van der Waals surface area contributed by atoms with E-state index in [1.165, 1.54) is 11.0 Å². The van der Waals surface area contributed by atoms with Crippen LogP contribution in [-0.4, -0.2) is 44.8 Å². The van der Waals surface area contributed by atoms with Gasteiger partial charge in [0.05, 0.1) is 18.4 Å². The number of benzene rings is 1. The molecule has 0 radical (unpaired) electrons. The van der Waals surface area contributed by atoms with E-state index in [0.29, 0.717) is 42.6 Å². The summed E-state index contributed by atoms with van der Waals surface area (Å²) in [5.74, 6) is 1.01. The molecule has 6 nitrogen and oxygen atoms in total. The number of anilines is 1. The molecule has 2 heterocycles. The highest BCUT2D eigenvalue weighted by Gasteiger charge is 2.37. The van der Waals surface area contributed by atoms with Crippen molar-refractivity contribution in [2.75, 3.05) is 18.5 Å². The monoisotopic (exact) mass is 401 g/mol. The molecule has 1 aromatic carbocycles. The molecule has 0 spiro atoms. The van der Waals surface area contributed by atoms with Gasteiger partial charge in [0.15, 0.2) is 4.77 Å². The van der Waals surface area contributed by atoms with E-state index in [-0.39, 0.29) is 17.8 Å². The number of allylic oxidation sites excluding steroid dienone is 1. The fourth-order valence-corrected chi connectivity index (χ4v) is 4.05. The standard InChI is InChI=1S/C20H24FN5OS/c1-3-11-25-18(14-8-9-14)22-26(20(25)28)13-23(2)17-10-12-24(19(17)27)16-7-5-4-6-15(16)21/h3-7,14,17H,1,8-13H2,2H3. The van der Waals surface area contributed by atoms with Gasteiger partial charge in [-0.05, 0) is 50.7 Å². The highest BCUT2D eigenvalue weighted by atomic mass is 32.1. The molecule has 0 N–H and O–H groups in total.